The Morgan fingerprint density at radius 1 is 1.10 bits per heavy atom. The van der Waals surface area contributed by atoms with Crippen molar-refractivity contribution in [3.8, 4) is 0 Å². The van der Waals surface area contributed by atoms with E-state index in [9.17, 15) is 39.2 Å². The second-order valence-electron chi connectivity index (χ2n) is 11.9. The maximum Gasteiger partial charge on any atom is 0.472 e. The van der Waals surface area contributed by atoms with Gasteiger partial charge in [0.2, 0.25) is 5.91 Å². The molecule has 0 spiro atoms. The molecule has 2 fully saturated rings. The van der Waals surface area contributed by atoms with Crippen LogP contribution in [0, 0.1) is 5.92 Å². The number of carbonyl (C=O) groups excluding carboxylic acids is 1. The smallest absolute Gasteiger partial charge is 0.394 e. The summed E-state index contributed by atoms with van der Waals surface area (Å²) in [4.78, 5) is 48.7. The molecule has 10 atom stereocenters. The van der Waals surface area contributed by atoms with E-state index in [1.807, 2.05) is 0 Å². The van der Waals surface area contributed by atoms with Crippen LogP contribution in [0.4, 0.5) is 0 Å². The molecule has 0 aliphatic carbocycles. The zero-order chi connectivity index (χ0) is 36.1. The number of unbranched alkanes of at least 4 members (excludes halogenated alkanes) is 3. The number of amides is 1. The second kappa shape index (κ2) is 20.0. The number of aliphatic hydroxyl groups is 3. The van der Waals surface area contributed by atoms with Gasteiger partial charge in [-0.3, -0.25) is 28.2 Å². The van der Waals surface area contributed by atoms with Gasteiger partial charge in [0.05, 0.1) is 18.2 Å². The maximum absolute atomic E-state index is 12.6. The first kappa shape index (κ1) is 41.3. The van der Waals surface area contributed by atoms with Crippen molar-refractivity contribution in [1.29, 1.82) is 0 Å². The van der Waals surface area contributed by atoms with Gasteiger partial charge in [0.25, 0.3) is 5.56 Å². The number of carbonyl (C=O) groups is 1. The van der Waals surface area contributed by atoms with Crippen molar-refractivity contribution < 1.29 is 57.6 Å². The van der Waals surface area contributed by atoms with Crippen LogP contribution in [0.2, 0.25) is 0 Å². The lowest BCUT2D eigenvalue weighted by atomic mass is 9.94. The van der Waals surface area contributed by atoms with E-state index >= 15 is 0 Å². The number of phosphoric acid groups is 1. The Balaban J connectivity index is 1.44. The van der Waals surface area contributed by atoms with Crippen molar-refractivity contribution in [2.75, 3.05) is 40.6 Å². The molecule has 2 saturated heterocycles. The minimum absolute atomic E-state index is 0.0112. The number of H-pyrrole nitrogens is 1. The van der Waals surface area contributed by atoms with Crippen LogP contribution < -0.4 is 21.9 Å². The molecule has 0 bridgehead atoms. The van der Waals surface area contributed by atoms with Crippen molar-refractivity contribution in [3.63, 3.8) is 0 Å². The van der Waals surface area contributed by atoms with Gasteiger partial charge in [-0.2, -0.15) is 0 Å². The van der Waals surface area contributed by atoms with Gasteiger partial charge in [-0.15, -0.1) is 0 Å². The molecule has 1 amide bonds. The summed E-state index contributed by atoms with van der Waals surface area (Å²) < 4.78 is 46.3. The molecule has 3 rings (SSSR count). The monoisotopic (exact) mass is 740 g/mol. The van der Waals surface area contributed by atoms with Crippen LogP contribution in [0.5, 0.6) is 0 Å². The molecule has 7 N–H and O–H groups in total. The summed E-state index contributed by atoms with van der Waals surface area (Å²) in [6.07, 6.45) is -1.50. The molecule has 0 saturated carbocycles. The van der Waals surface area contributed by atoms with Crippen molar-refractivity contribution in [1.82, 2.24) is 20.2 Å². The Labute approximate surface area is 289 Å². The van der Waals surface area contributed by atoms with Gasteiger partial charge in [-0.1, -0.05) is 25.1 Å². The van der Waals surface area contributed by atoms with Crippen LogP contribution in [-0.2, 0) is 37.4 Å². The lowest BCUT2D eigenvalue weighted by Gasteiger charge is -2.42. The number of thiocarbonyl (C=S) groups is 1. The van der Waals surface area contributed by atoms with Gasteiger partial charge in [0, 0.05) is 52.5 Å². The number of ether oxygens (including phenoxy) is 4. The number of nitrogens with one attached hydrogen (secondary N) is 3. The molecule has 2 aliphatic rings. The average Bonchev–Trinajstić information content (AvgIpc) is 3.37. The Kier molecular flexibility index (Phi) is 16.9. The lowest BCUT2D eigenvalue weighted by Crippen LogP contribution is -2.64. The van der Waals surface area contributed by atoms with Crippen LogP contribution in [0.15, 0.2) is 21.9 Å². The molecule has 2 aliphatic heterocycles. The van der Waals surface area contributed by atoms with Gasteiger partial charge < -0.3 is 49.8 Å². The van der Waals surface area contributed by atoms with E-state index < -0.39 is 86.6 Å². The van der Waals surface area contributed by atoms with Gasteiger partial charge in [-0.05, 0) is 32.1 Å². The molecule has 3 heterocycles. The van der Waals surface area contributed by atoms with E-state index in [0.717, 1.165) is 26.4 Å². The van der Waals surface area contributed by atoms with E-state index in [4.69, 9.17) is 35.7 Å². The summed E-state index contributed by atoms with van der Waals surface area (Å²) in [6, 6.07) is 0.198. The molecule has 2 unspecified atom stereocenters. The number of methoxy groups -OCH3 is 1. The lowest BCUT2D eigenvalue weighted by molar-refractivity contribution is -0.270. The number of rotatable bonds is 20. The van der Waals surface area contributed by atoms with E-state index in [-0.39, 0.29) is 13.2 Å². The maximum atomic E-state index is 12.6. The second-order valence-corrected chi connectivity index (χ2v) is 13.9. The minimum Gasteiger partial charge on any atom is -0.394 e. The van der Waals surface area contributed by atoms with Gasteiger partial charge in [0.15, 0.2) is 6.29 Å². The molecular formula is C29H49N4O14PS. The SMILES string of the molecule is COC[C@H]1O[C@@H](n2ccc(=O)[nH]c2=O)[C@@H](CCCNC(=S)CCCCCCO[C@@H]2O[C@H](CO)[C@H](O)[C@H](O)[C@H]2NC(C)=O)C1OP(=O)(O)OC. The Bertz CT molecular complexity index is 1370. The quantitative estimate of drug-likeness (QED) is 0.0503. The van der Waals surface area contributed by atoms with Crippen LogP contribution >= 0.6 is 20.0 Å². The van der Waals surface area contributed by atoms with Crippen molar-refractivity contribution in [2.45, 2.75) is 101 Å². The Morgan fingerprint density at radius 3 is 2.49 bits per heavy atom. The van der Waals surface area contributed by atoms with Crippen LogP contribution in [0.3, 0.4) is 0 Å². The normalized spacial score (nSPS) is 29.7. The van der Waals surface area contributed by atoms with Gasteiger partial charge >= 0.3 is 13.5 Å². The summed E-state index contributed by atoms with van der Waals surface area (Å²) in [7, 11) is -1.95. The first-order chi connectivity index (χ1) is 23.3. The number of aliphatic hydroxyl groups excluding tert-OH is 3. The molecule has 1 aromatic heterocycles. The molecule has 18 nitrogen and oxygen atoms in total. The summed E-state index contributed by atoms with van der Waals surface area (Å²) in [5.41, 5.74) is -1.28. The number of aromatic amines is 1. The van der Waals surface area contributed by atoms with Crippen molar-refractivity contribution in [3.05, 3.63) is 33.1 Å². The van der Waals surface area contributed by atoms with Gasteiger partial charge in [-0.25, -0.2) is 9.36 Å². The zero-order valence-electron chi connectivity index (χ0n) is 27.8. The third kappa shape index (κ3) is 12.3. The predicted octanol–water partition coefficient (Wildman–Crippen LogP) is -0.563. The van der Waals surface area contributed by atoms with E-state index in [0.29, 0.717) is 37.2 Å². The molecule has 0 aromatic carbocycles. The molecule has 20 heteroatoms. The third-order valence-corrected chi connectivity index (χ3v) is 9.60. The molecule has 1 aromatic rings. The van der Waals surface area contributed by atoms with Crippen LogP contribution in [0.1, 0.15) is 58.1 Å². The summed E-state index contributed by atoms with van der Waals surface area (Å²) in [5, 5.41) is 35.7. The van der Waals surface area contributed by atoms with Crippen LogP contribution in [-0.4, -0.2) is 124 Å². The van der Waals surface area contributed by atoms with E-state index in [1.54, 1.807) is 0 Å². The van der Waals surface area contributed by atoms with E-state index in [1.165, 1.54) is 30.9 Å². The predicted molar refractivity (Wildman–Crippen MR) is 177 cm³/mol. The Hall–Kier alpha value is -2.13. The fraction of sp³-hybridized carbons (Fsp3) is 0.793. The number of hydrogen-bond donors (Lipinski definition) is 7. The summed E-state index contributed by atoms with van der Waals surface area (Å²) in [5.74, 6) is -1.01. The summed E-state index contributed by atoms with van der Waals surface area (Å²) >= 11 is 5.49. The number of aromatic nitrogens is 2. The fourth-order valence-corrected chi connectivity index (χ4v) is 6.78. The van der Waals surface area contributed by atoms with Gasteiger partial charge in [0.1, 0.15) is 42.8 Å². The zero-order valence-corrected chi connectivity index (χ0v) is 29.5. The standard InChI is InChI=1S/C29H49N4O14PS/c1-17(35)31-23-25(38)24(37)19(15-34)46-28(23)44-14-7-5-4-6-10-22(49)30-12-8-9-18-26(47-48(40,41)43-3)20(16-42-2)45-27(18)33-13-11-21(36)32-29(33)39/h11,13,18-20,23-28,34,37-38H,4-10,12,14-16H2,1-3H3,(H,30,49)(H,31,35)(H,40,41)(H,32,36,39)/t18-,19+,20+,23+,24-,25+,26?,27+,28+/m0/s1. The number of hydrogen-bond acceptors (Lipinski definition) is 14. The first-order valence-electron chi connectivity index (χ1n) is 16.1. The van der Waals surface area contributed by atoms with E-state index in [2.05, 4.69) is 20.1 Å². The highest BCUT2D eigenvalue weighted by Crippen LogP contribution is 2.50. The molecule has 280 valence electrons. The average molecular weight is 741 g/mol. The highest BCUT2D eigenvalue weighted by atomic mass is 32.1. The number of phosphoric ester groups is 1. The third-order valence-electron chi connectivity index (χ3n) is 8.28. The number of nitrogens with zero attached hydrogens (tertiary/aromatic N) is 1. The fourth-order valence-electron chi connectivity index (χ4n) is 5.85. The van der Waals surface area contributed by atoms with Crippen molar-refractivity contribution in [2.24, 2.45) is 5.92 Å². The van der Waals surface area contributed by atoms with Crippen molar-refractivity contribution >= 4 is 30.9 Å². The summed E-state index contributed by atoms with van der Waals surface area (Å²) in [6.45, 7) is 1.52. The van der Waals surface area contributed by atoms with Crippen LogP contribution in [0.25, 0.3) is 0 Å². The molecular weight excluding hydrogens is 691 g/mol. The minimum atomic E-state index is -4.44. The molecule has 0 radical (unpaired) electrons. The first-order valence-corrected chi connectivity index (χ1v) is 18.0. The Morgan fingerprint density at radius 2 is 1.84 bits per heavy atom. The molecule has 49 heavy (non-hydrogen) atoms. The topological polar surface area (TPSA) is 249 Å². The highest BCUT2D eigenvalue weighted by molar-refractivity contribution is 7.80. The largest absolute Gasteiger partial charge is 0.472 e. The highest BCUT2D eigenvalue weighted by Gasteiger charge is 2.49.